The lowest BCUT2D eigenvalue weighted by molar-refractivity contribution is -0.123. The predicted octanol–water partition coefficient (Wildman–Crippen LogP) is 1.64. The first-order chi connectivity index (χ1) is 13.8. The quantitative estimate of drug-likeness (QED) is 0.611. The number of hydrogen-bond donors (Lipinski definition) is 2. The molecule has 1 aliphatic rings. The number of carbonyl (C=O) groups is 3. The van der Waals surface area contributed by atoms with E-state index in [1.54, 1.807) is 13.8 Å². The van der Waals surface area contributed by atoms with E-state index in [0.29, 0.717) is 13.1 Å². The Balaban J connectivity index is 1.92. The van der Waals surface area contributed by atoms with E-state index >= 15 is 0 Å². The van der Waals surface area contributed by atoms with Gasteiger partial charge in [0.05, 0.1) is 10.5 Å². The second-order valence-corrected chi connectivity index (χ2v) is 8.63. The highest BCUT2D eigenvalue weighted by atomic mass is 32.2. The minimum atomic E-state index is -3.72. The minimum absolute atomic E-state index is 0.00133. The number of amides is 3. The summed E-state index contributed by atoms with van der Waals surface area (Å²) in [4.78, 5) is 35.7. The number of esters is 1. The van der Waals surface area contributed by atoms with Crippen LogP contribution in [0.2, 0.25) is 0 Å². The number of nitrogens with zero attached hydrogens (tertiary/aromatic N) is 1. The normalized spacial score (nSPS) is 14.6. The van der Waals surface area contributed by atoms with Crippen LogP contribution in [0.5, 0.6) is 0 Å². The van der Waals surface area contributed by atoms with Gasteiger partial charge in [0.15, 0.2) is 6.61 Å². The van der Waals surface area contributed by atoms with Crippen molar-refractivity contribution in [1.82, 2.24) is 14.9 Å². The lowest BCUT2D eigenvalue weighted by Crippen LogP contribution is -2.45. The fourth-order valence-corrected chi connectivity index (χ4v) is 4.67. The smallest absolute Gasteiger partial charge is 0.338 e. The molecule has 0 spiro atoms. The molecule has 29 heavy (non-hydrogen) atoms. The van der Waals surface area contributed by atoms with Crippen molar-refractivity contribution >= 4 is 27.9 Å². The third-order valence-electron chi connectivity index (χ3n) is 4.69. The van der Waals surface area contributed by atoms with Gasteiger partial charge in [-0.05, 0) is 31.0 Å². The summed E-state index contributed by atoms with van der Waals surface area (Å²) in [5.41, 5.74) is 0.00133. The zero-order chi connectivity index (χ0) is 21.4. The third-order valence-corrected chi connectivity index (χ3v) is 6.74. The van der Waals surface area contributed by atoms with E-state index in [-0.39, 0.29) is 16.5 Å². The standard InChI is InChI=1S/C19H27N3O6S/c1-3-22(4-2)29(26,27)16-11-7-8-14(12-16)18(24)28-13-17(23)21-19(25)20-15-9-5-6-10-15/h7-8,11-12,15H,3-6,9-10,13H2,1-2H3,(H2,20,21,23,25). The highest BCUT2D eigenvalue weighted by Crippen LogP contribution is 2.18. The Morgan fingerprint density at radius 3 is 2.41 bits per heavy atom. The lowest BCUT2D eigenvalue weighted by Gasteiger charge is -2.18. The van der Waals surface area contributed by atoms with Gasteiger partial charge in [0.2, 0.25) is 10.0 Å². The maximum Gasteiger partial charge on any atom is 0.338 e. The van der Waals surface area contributed by atoms with Crippen molar-refractivity contribution in [1.29, 1.82) is 0 Å². The largest absolute Gasteiger partial charge is 0.452 e. The molecule has 0 bridgehead atoms. The first-order valence-electron chi connectivity index (χ1n) is 9.65. The number of imide groups is 1. The van der Waals surface area contributed by atoms with Crippen molar-refractivity contribution in [2.45, 2.75) is 50.5 Å². The fourth-order valence-electron chi connectivity index (χ4n) is 3.16. The van der Waals surface area contributed by atoms with Gasteiger partial charge in [0.25, 0.3) is 5.91 Å². The van der Waals surface area contributed by atoms with Crippen molar-refractivity contribution in [2.75, 3.05) is 19.7 Å². The van der Waals surface area contributed by atoms with Gasteiger partial charge in [-0.3, -0.25) is 10.1 Å². The summed E-state index contributed by atoms with van der Waals surface area (Å²) < 4.78 is 31.3. The molecule has 2 N–H and O–H groups in total. The first kappa shape index (κ1) is 22.8. The summed E-state index contributed by atoms with van der Waals surface area (Å²) >= 11 is 0. The van der Waals surface area contributed by atoms with Crippen LogP contribution >= 0.6 is 0 Å². The number of urea groups is 1. The van der Waals surface area contributed by atoms with E-state index in [1.165, 1.54) is 28.6 Å². The van der Waals surface area contributed by atoms with Crippen molar-refractivity contribution in [3.63, 3.8) is 0 Å². The maximum absolute atomic E-state index is 12.6. The van der Waals surface area contributed by atoms with E-state index in [2.05, 4.69) is 10.6 Å². The van der Waals surface area contributed by atoms with Gasteiger partial charge in [0.1, 0.15) is 0 Å². The van der Waals surface area contributed by atoms with Gasteiger partial charge in [-0.15, -0.1) is 0 Å². The number of benzene rings is 1. The van der Waals surface area contributed by atoms with E-state index < -0.39 is 34.5 Å². The first-order valence-corrected chi connectivity index (χ1v) is 11.1. The fraction of sp³-hybridized carbons (Fsp3) is 0.526. The van der Waals surface area contributed by atoms with Crippen LogP contribution in [0.15, 0.2) is 29.2 Å². The van der Waals surface area contributed by atoms with Crippen molar-refractivity contribution < 1.29 is 27.5 Å². The zero-order valence-corrected chi connectivity index (χ0v) is 17.5. The van der Waals surface area contributed by atoms with Crippen LogP contribution in [-0.2, 0) is 19.6 Å². The van der Waals surface area contributed by atoms with Gasteiger partial charge in [-0.1, -0.05) is 32.8 Å². The highest BCUT2D eigenvalue weighted by molar-refractivity contribution is 7.89. The Morgan fingerprint density at radius 2 is 1.79 bits per heavy atom. The molecule has 9 nitrogen and oxygen atoms in total. The Bertz CT molecular complexity index is 845. The summed E-state index contributed by atoms with van der Waals surface area (Å²) in [6.45, 7) is 3.40. The van der Waals surface area contributed by atoms with Crippen molar-refractivity contribution in [3.05, 3.63) is 29.8 Å². The third kappa shape index (κ3) is 6.26. The Kier molecular flexibility index (Phi) is 8.15. The molecule has 0 aromatic heterocycles. The molecule has 1 aromatic carbocycles. The molecule has 160 valence electrons. The Hall–Kier alpha value is -2.46. The van der Waals surface area contributed by atoms with E-state index in [9.17, 15) is 22.8 Å². The predicted molar refractivity (Wildman–Crippen MR) is 106 cm³/mol. The molecule has 0 aliphatic heterocycles. The molecular weight excluding hydrogens is 398 g/mol. The average molecular weight is 426 g/mol. The summed E-state index contributed by atoms with van der Waals surface area (Å²) in [6.07, 6.45) is 3.84. The minimum Gasteiger partial charge on any atom is -0.452 e. The second-order valence-electron chi connectivity index (χ2n) is 6.70. The Labute approximate surface area is 170 Å². The molecule has 0 radical (unpaired) electrons. The number of nitrogens with one attached hydrogen (secondary N) is 2. The van der Waals surface area contributed by atoms with Crippen LogP contribution < -0.4 is 10.6 Å². The lowest BCUT2D eigenvalue weighted by atomic mass is 10.2. The number of ether oxygens (including phenoxy) is 1. The monoisotopic (exact) mass is 425 g/mol. The van der Waals surface area contributed by atoms with E-state index in [1.807, 2.05) is 0 Å². The van der Waals surface area contributed by atoms with E-state index in [4.69, 9.17) is 4.74 Å². The summed E-state index contributed by atoms with van der Waals surface area (Å²) in [5, 5.41) is 4.80. The summed E-state index contributed by atoms with van der Waals surface area (Å²) in [5.74, 6) is -1.62. The van der Waals surface area contributed by atoms with Gasteiger partial charge in [-0.2, -0.15) is 4.31 Å². The Morgan fingerprint density at radius 1 is 1.14 bits per heavy atom. The van der Waals surface area contributed by atoms with Gasteiger partial charge in [0, 0.05) is 19.1 Å². The maximum atomic E-state index is 12.6. The second kappa shape index (κ2) is 10.4. The van der Waals surface area contributed by atoms with Crippen molar-refractivity contribution in [3.8, 4) is 0 Å². The molecule has 10 heteroatoms. The van der Waals surface area contributed by atoms with Gasteiger partial charge in [-0.25, -0.2) is 18.0 Å². The number of rotatable bonds is 8. The molecule has 0 heterocycles. The zero-order valence-electron chi connectivity index (χ0n) is 16.6. The molecule has 1 aromatic rings. The SMILES string of the molecule is CCN(CC)S(=O)(=O)c1cccc(C(=O)OCC(=O)NC(=O)NC2CCCC2)c1. The molecule has 1 aliphatic carbocycles. The molecule has 3 amide bonds. The van der Waals surface area contributed by atoms with Crippen LogP contribution in [0.4, 0.5) is 4.79 Å². The molecule has 0 saturated heterocycles. The van der Waals surface area contributed by atoms with Crippen molar-refractivity contribution in [2.24, 2.45) is 0 Å². The van der Waals surface area contributed by atoms with Crippen LogP contribution in [0, 0.1) is 0 Å². The molecule has 0 atom stereocenters. The topological polar surface area (TPSA) is 122 Å². The summed E-state index contributed by atoms with van der Waals surface area (Å²) in [6, 6.07) is 4.87. The number of carbonyl (C=O) groups excluding carboxylic acids is 3. The number of hydrogen-bond acceptors (Lipinski definition) is 6. The molecule has 1 fully saturated rings. The van der Waals surface area contributed by atoms with Crippen LogP contribution in [0.3, 0.4) is 0 Å². The molecular formula is C19H27N3O6S. The van der Waals surface area contributed by atoms with Gasteiger partial charge >= 0.3 is 12.0 Å². The molecule has 2 rings (SSSR count). The molecule has 0 unspecified atom stereocenters. The molecule has 1 saturated carbocycles. The van der Waals surface area contributed by atoms with Gasteiger partial charge < -0.3 is 10.1 Å². The highest BCUT2D eigenvalue weighted by Gasteiger charge is 2.23. The summed E-state index contributed by atoms with van der Waals surface area (Å²) in [7, 11) is -3.72. The van der Waals surface area contributed by atoms with Crippen LogP contribution in [-0.4, -0.2) is 56.4 Å². The van der Waals surface area contributed by atoms with Crippen LogP contribution in [0.25, 0.3) is 0 Å². The van der Waals surface area contributed by atoms with Crippen LogP contribution in [0.1, 0.15) is 49.9 Å². The average Bonchev–Trinajstić information content (AvgIpc) is 3.19. The number of sulfonamides is 1. The van der Waals surface area contributed by atoms with E-state index in [0.717, 1.165) is 25.7 Å².